The van der Waals surface area contributed by atoms with Crippen molar-refractivity contribution in [2.24, 2.45) is 0 Å². The van der Waals surface area contributed by atoms with Crippen molar-refractivity contribution < 1.29 is 8.42 Å². The summed E-state index contributed by atoms with van der Waals surface area (Å²) in [6.07, 6.45) is 0.586. The number of benzene rings is 1. The molecule has 0 aromatic heterocycles. The van der Waals surface area contributed by atoms with E-state index in [9.17, 15) is 8.42 Å². The van der Waals surface area contributed by atoms with Gasteiger partial charge in [-0.15, -0.1) is 11.6 Å². The van der Waals surface area contributed by atoms with Crippen LogP contribution in [-0.2, 0) is 15.6 Å². The molecule has 0 saturated heterocycles. The van der Waals surface area contributed by atoms with Crippen LogP contribution in [0.2, 0.25) is 0 Å². The molecule has 5 heteroatoms. The number of nitrogens with one attached hydrogen (secondary N) is 1. The Kier molecular flexibility index (Phi) is 4.98. The molecule has 1 aromatic carbocycles. The van der Waals surface area contributed by atoms with Crippen LogP contribution >= 0.6 is 11.6 Å². The van der Waals surface area contributed by atoms with Crippen molar-refractivity contribution in [2.45, 2.75) is 25.8 Å². The lowest BCUT2D eigenvalue weighted by atomic mass is 9.96. The maximum Gasteiger partial charge on any atom is 0.212 e. The Labute approximate surface area is 108 Å². The standard InChI is InChI=1S/C12H18ClNO2S/c1-3-9-17(15,16)14-12(2,10-13)11-7-5-4-6-8-11/h4-8,14H,3,9-10H2,1-2H3. The van der Waals surface area contributed by atoms with Crippen molar-refractivity contribution in [3.63, 3.8) is 0 Å². The molecule has 0 saturated carbocycles. The van der Waals surface area contributed by atoms with Gasteiger partial charge in [-0.2, -0.15) is 0 Å². The van der Waals surface area contributed by atoms with Gasteiger partial charge in [0.1, 0.15) is 0 Å². The van der Waals surface area contributed by atoms with Gasteiger partial charge in [-0.3, -0.25) is 0 Å². The van der Waals surface area contributed by atoms with Crippen molar-refractivity contribution in [3.05, 3.63) is 35.9 Å². The molecule has 0 aliphatic rings. The van der Waals surface area contributed by atoms with Gasteiger partial charge in [0, 0.05) is 5.88 Å². The van der Waals surface area contributed by atoms with Gasteiger partial charge in [-0.25, -0.2) is 13.1 Å². The Morgan fingerprint density at radius 3 is 2.35 bits per heavy atom. The molecule has 1 unspecified atom stereocenters. The van der Waals surface area contributed by atoms with Crippen molar-refractivity contribution in [2.75, 3.05) is 11.6 Å². The summed E-state index contributed by atoms with van der Waals surface area (Å²) in [6, 6.07) is 9.37. The van der Waals surface area contributed by atoms with Gasteiger partial charge in [-0.05, 0) is 18.9 Å². The predicted molar refractivity (Wildman–Crippen MR) is 71.7 cm³/mol. The SMILES string of the molecule is CCCS(=O)(=O)NC(C)(CCl)c1ccccc1. The van der Waals surface area contributed by atoms with Gasteiger partial charge in [0.05, 0.1) is 11.3 Å². The number of hydrogen-bond donors (Lipinski definition) is 1. The Morgan fingerprint density at radius 1 is 1.29 bits per heavy atom. The van der Waals surface area contributed by atoms with Crippen LogP contribution in [0.1, 0.15) is 25.8 Å². The van der Waals surface area contributed by atoms with Gasteiger partial charge in [0.2, 0.25) is 10.0 Å². The largest absolute Gasteiger partial charge is 0.212 e. The second kappa shape index (κ2) is 5.85. The summed E-state index contributed by atoms with van der Waals surface area (Å²) in [4.78, 5) is 0. The van der Waals surface area contributed by atoms with E-state index in [1.807, 2.05) is 37.3 Å². The first kappa shape index (κ1) is 14.5. The highest BCUT2D eigenvalue weighted by atomic mass is 35.5. The quantitative estimate of drug-likeness (QED) is 0.811. The lowest BCUT2D eigenvalue weighted by molar-refractivity contribution is 0.476. The molecule has 0 amide bonds. The van der Waals surface area contributed by atoms with E-state index in [2.05, 4.69) is 4.72 Å². The second-order valence-electron chi connectivity index (χ2n) is 4.25. The highest BCUT2D eigenvalue weighted by molar-refractivity contribution is 7.89. The highest BCUT2D eigenvalue weighted by Crippen LogP contribution is 2.23. The van der Waals surface area contributed by atoms with Crippen LogP contribution in [0.3, 0.4) is 0 Å². The number of hydrogen-bond acceptors (Lipinski definition) is 2. The Morgan fingerprint density at radius 2 is 1.88 bits per heavy atom. The summed E-state index contributed by atoms with van der Waals surface area (Å²) >= 11 is 5.92. The van der Waals surface area contributed by atoms with Crippen LogP contribution in [0.15, 0.2) is 30.3 Å². The van der Waals surface area contributed by atoms with Gasteiger partial charge >= 0.3 is 0 Å². The molecule has 0 aliphatic carbocycles. The smallest absolute Gasteiger partial charge is 0.212 e. The second-order valence-corrected chi connectivity index (χ2v) is 6.36. The molecule has 96 valence electrons. The summed E-state index contributed by atoms with van der Waals surface area (Å²) in [5.74, 6) is 0.312. The molecule has 0 radical (unpaired) electrons. The normalized spacial score (nSPS) is 15.5. The zero-order valence-corrected chi connectivity index (χ0v) is 11.7. The van der Waals surface area contributed by atoms with Crippen molar-refractivity contribution >= 4 is 21.6 Å². The van der Waals surface area contributed by atoms with Crippen LogP contribution < -0.4 is 4.72 Å². The van der Waals surface area contributed by atoms with E-state index in [1.165, 1.54) is 0 Å². The molecule has 1 N–H and O–H groups in total. The minimum atomic E-state index is -3.28. The van der Waals surface area contributed by atoms with E-state index in [0.717, 1.165) is 5.56 Å². The maximum absolute atomic E-state index is 11.8. The summed E-state index contributed by atoms with van der Waals surface area (Å²) in [5, 5.41) is 0. The highest BCUT2D eigenvalue weighted by Gasteiger charge is 2.30. The minimum Gasteiger partial charge on any atom is -0.212 e. The number of halogens is 1. The van der Waals surface area contributed by atoms with Crippen LogP contribution in [-0.4, -0.2) is 20.1 Å². The van der Waals surface area contributed by atoms with Crippen molar-refractivity contribution in [1.29, 1.82) is 0 Å². The average molecular weight is 276 g/mol. The first-order valence-electron chi connectivity index (χ1n) is 5.56. The molecular formula is C12H18ClNO2S. The van der Waals surface area contributed by atoms with E-state index < -0.39 is 15.6 Å². The zero-order chi connectivity index (χ0) is 12.9. The minimum absolute atomic E-state index is 0.117. The number of sulfonamides is 1. The van der Waals surface area contributed by atoms with Gasteiger partial charge in [0.25, 0.3) is 0 Å². The van der Waals surface area contributed by atoms with Crippen LogP contribution in [0, 0.1) is 0 Å². The van der Waals surface area contributed by atoms with Crippen LogP contribution in [0.25, 0.3) is 0 Å². The van der Waals surface area contributed by atoms with E-state index in [4.69, 9.17) is 11.6 Å². The molecule has 1 rings (SSSR count). The molecule has 1 atom stereocenters. The topological polar surface area (TPSA) is 46.2 Å². The third-order valence-corrected chi connectivity index (χ3v) is 4.77. The lowest BCUT2D eigenvalue weighted by Gasteiger charge is -2.28. The molecule has 17 heavy (non-hydrogen) atoms. The van der Waals surface area contributed by atoms with E-state index >= 15 is 0 Å². The molecule has 0 bridgehead atoms. The Balaban J connectivity index is 2.98. The zero-order valence-electron chi connectivity index (χ0n) is 10.1. The molecule has 0 spiro atoms. The lowest BCUT2D eigenvalue weighted by Crippen LogP contribution is -2.45. The number of alkyl halides is 1. The summed E-state index contributed by atoms with van der Waals surface area (Å²) in [6.45, 7) is 3.63. The Hall–Kier alpha value is -0.580. The fourth-order valence-corrected chi connectivity index (χ4v) is 3.45. The van der Waals surface area contributed by atoms with Gasteiger partial charge in [0.15, 0.2) is 0 Å². The average Bonchev–Trinajstić information content (AvgIpc) is 2.29. The number of rotatable bonds is 6. The summed E-state index contributed by atoms with van der Waals surface area (Å²) in [7, 11) is -3.28. The molecule has 1 aromatic rings. The van der Waals surface area contributed by atoms with Crippen LogP contribution in [0.5, 0.6) is 0 Å². The molecule has 0 aliphatic heterocycles. The van der Waals surface area contributed by atoms with Crippen LogP contribution in [0.4, 0.5) is 0 Å². The fraction of sp³-hybridized carbons (Fsp3) is 0.500. The fourth-order valence-electron chi connectivity index (χ4n) is 1.63. The van der Waals surface area contributed by atoms with Crippen molar-refractivity contribution in [3.8, 4) is 0 Å². The monoisotopic (exact) mass is 275 g/mol. The van der Waals surface area contributed by atoms with E-state index in [1.54, 1.807) is 6.92 Å². The van der Waals surface area contributed by atoms with Crippen molar-refractivity contribution in [1.82, 2.24) is 4.72 Å². The van der Waals surface area contributed by atoms with E-state index in [-0.39, 0.29) is 11.6 Å². The molecular weight excluding hydrogens is 258 g/mol. The molecule has 0 heterocycles. The van der Waals surface area contributed by atoms with Gasteiger partial charge < -0.3 is 0 Å². The first-order chi connectivity index (χ1) is 7.93. The predicted octanol–water partition coefficient (Wildman–Crippen LogP) is 2.47. The van der Waals surface area contributed by atoms with E-state index in [0.29, 0.717) is 6.42 Å². The van der Waals surface area contributed by atoms with Gasteiger partial charge in [-0.1, -0.05) is 37.3 Å². The summed E-state index contributed by atoms with van der Waals surface area (Å²) in [5.41, 5.74) is 0.117. The maximum atomic E-state index is 11.8. The third kappa shape index (κ3) is 3.98. The third-order valence-electron chi connectivity index (χ3n) is 2.53. The summed E-state index contributed by atoms with van der Waals surface area (Å²) < 4.78 is 26.3. The molecule has 3 nitrogen and oxygen atoms in total. The first-order valence-corrected chi connectivity index (χ1v) is 7.75. The Bertz CT molecular complexity index is 447. The molecule has 0 fully saturated rings.